The van der Waals surface area contributed by atoms with Crippen LogP contribution in [0.1, 0.15) is 18.6 Å². The van der Waals surface area contributed by atoms with E-state index < -0.39 is 12.5 Å². The van der Waals surface area contributed by atoms with Crippen molar-refractivity contribution in [3.8, 4) is 17.0 Å². The lowest BCUT2D eigenvalue weighted by molar-refractivity contribution is -0.274. The highest BCUT2D eigenvalue weighted by molar-refractivity contribution is 6.29. The first-order valence-electron chi connectivity index (χ1n) is 6.20. The van der Waals surface area contributed by atoms with E-state index in [2.05, 4.69) is 14.7 Å². The summed E-state index contributed by atoms with van der Waals surface area (Å²) < 4.78 is 46.1. The third-order valence-corrected chi connectivity index (χ3v) is 3.14. The molecule has 0 N–H and O–H groups in total. The zero-order valence-electron chi connectivity index (χ0n) is 11.7. The predicted molar refractivity (Wildman–Crippen MR) is 74.6 cm³/mol. The molecule has 1 unspecified atom stereocenters. The summed E-state index contributed by atoms with van der Waals surface area (Å²) >= 11 is 5.68. The Labute approximate surface area is 129 Å². The van der Waals surface area contributed by atoms with E-state index in [1.165, 1.54) is 37.7 Å². The van der Waals surface area contributed by atoms with Crippen LogP contribution in [-0.2, 0) is 4.74 Å². The number of nitrogens with zero attached hydrogens (tertiary/aromatic N) is 2. The van der Waals surface area contributed by atoms with E-state index >= 15 is 0 Å². The average molecular weight is 333 g/mol. The smallest absolute Gasteiger partial charge is 0.406 e. The van der Waals surface area contributed by atoms with Gasteiger partial charge in [-0.15, -0.1) is 13.2 Å². The molecule has 0 aliphatic rings. The Morgan fingerprint density at radius 3 is 2.45 bits per heavy atom. The number of hydrogen-bond donors (Lipinski definition) is 0. The van der Waals surface area contributed by atoms with Crippen LogP contribution in [-0.4, -0.2) is 23.4 Å². The number of hydrogen-bond acceptors (Lipinski definition) is 4. The SMILES string of the molecule is COC(C)c1cc(OC(F)(F)F)ccc1-c1cnc(Cl)cn1. The van der Waals surface area contributed by atoms with Crippen LogP contribution in [0.3, 0.4) is 0 Å². The van der Waals surface area contributed by atoms with Crippen LogP contribution in [0.25, 0.3) is 11.3 Å². The van der Waals surface area contributed by atoms with Crippen molar-refractivity contribution in [2.75, 3.05) is 7.11 Å². The minimum atomic E-state index is -4.75. The summed E-state index contributed by atoms with van der Waals surface area (Å²) in [7, 11) is 1.46. The summed E-state index contributed by atoms with van der Waals surface area (Å²) in [6, 6.07) is 3.96. The van der Waals surface area contributed by atoms with Crippen molar-refractivity contribution in [3.63, 3.8) is 0 Å². The van der Waals surface area contributed by atoms with Crippen molar-refractivity contribution in [2.45, 2.75) is 19.4 Å². The van der Waals surface area contributed by atoms with Crippen LogP contribution in [0.4, 0.5) is 13.2 Å². The van der Waals surface area contributed by atoms with Crippen LogP contribution in [0.15, 0.2) is 30.6 Å². The molecule has 0 amide bonds. The summed E-state index contributed by atoms with van der Waals surface area (Å²) in [5.74, 6) is -0.322. The van der Waals surface area contributed by atoms with Crippen molar-refractivity contribution in [1.29, 1.82) is 0 Å². The highest BCUT2D eigenvalue weighted by atomic mass is 35.5. The minimum absolute atomic E-state index is 0.224. The van der Waals surface area contributed by atoms with Crippen LogP contribution in [0, 0.1) is 0 Å². The van der Waals surface area contributed by atoms with Gasteiger partial charge in [-0.25, -0.2) is 4.98 Å². The molecule has 0 aliphatic heterocycles. The van der Waals surface area contributed by atoms with Gasteiger partial charge in [-0.2, -0.15) is 0 Å². The van der Waals surface area contributed by atoms with E-state index in [-0.39, 0.29) is 10.9 Å². The molecule has 1 aromatic heterocycles. The molecule has 0 saturated carbocycles. The zero-order valence-corrected chi connectivity index (χ0v) is 12.4. The van der Waals surface area contributed by atoms with Gasteiger partial charge in [0.25, 0.3) is 0 Å². The predicted octanol–water partition coefficient (Wildman–Crippen LogP) is 4.40. The molecule has 4 nitrogen and oxygen atoms in total. The standard InChI is InChI=1S/C14H12ClF3N2O2/c1-8(21-2)11-5-9(22-14(16,17)18)3-4-10(11)12-6-20-13(15)7-19-12/h3-8H,1-2H3. The van der Waals surface area contributed by atoms with E-state index in [9.17, 15) is 13.2 Å². The van der Waals surface area contributed by atoms with Gasteiger partial charge in [-0.1, -0.05) is 11.6 Å². The normalized spacial score (nSPS) is 13.0. The first-order valence-corrected chi connectivity index (χ1v) is 6.58. The van der Waals surface area contributed by atoms with Crippen molar-refractivity contribution >= 4 is 11.6 Å². The lowest BCUT2D eigenvalue weighted by atomic mass is 10.0. The number of alkyl halides is 3. The molecule has 0 bridgehead atoms. The zero-order chi connectivity index (χ0) is 16.3. The molecule has 0 spiro atoms. The Kier molecular flexibility index (Phi) is 4.87. The maximum atomic E-state index is 12.3. The molecule has 2 aromatic rings. The van der Waals surface area contributed by atoms with E-state index in [1.807, 2.05) is 0 Å². The van der Waals surface area contributed by atoms with E-state index in [4.69, 9.17) is 16.3 Å². The van der Waals surface area contributed by atoms with Gasteiger partial charge in [-0.05, 0) is 30.7 Å². The van der Waals surface area contributed by atoms with Crippen molar-refractivity contribution < 1.29 is 22.6 Å². The summed E-state index contributed by atoms with van der Waals surface area (Å²) in [5, 5.41) is 0.224. The van der Waals surface area contributed by atoms with Gasteiger partial charge < -0.3 is 9.47 Å². The Bertz CT molecular complexity index is 648. The van der Waals surface area contributed by atoms with Crippen molar-refractivity contribution in [1.82, 2.24) is 9.97 Å². The third kappa shape index (κ3) is 4.08. The average Bonchev–Trinajstić information content (AvgIpc) is 2.46. The second kappa shape index (κ2) is 6.50. The lowest BCUT2D eigenvalue weighted by Gasteiger charge is -2.17. The highest BCUT2D eigenvalue weighted by Gasteiger charge is 2.31. The highest BCUT2D eigenvalue weighted by Crippen LogP contribution is 2.33. The molecule has 1 atom stereocenters. The molecule has 1 heterocycles. The minimum Gasteiger partial charge on any atom is -0.406 e. The van der Waals surface area contributed by atoms with E-state index in [0.29, 0.717) is 16.8 Å². The summed E-state index contributed by atoms with van der Waals surface area (Å²) in [4.78, 5) is 8.03. The molecule has 22 heavy (non-hydrogen) atoms. The molecule has 0 aliphatic carbocycles. The molecule has 1 aromatic carbocycles. The fraction of sp³-hybridized carbons (Fsp3) is 0.286. The lowest BCUT2D eigenvalue weighted by Crippen LogP contribution is -2.17. The maximum Gasteiger partial charge on any atom is 0.573 e. The fourth-order valence-electron chi connectivity index (χ4n) is 1.89. The fourth-order valence-corrected chi connectivity index (χ4v) is 1.98. The van der Waals surface area contributed by atoms with Crippen LogP contribution in [0.5, 0.6) is 5.75 Å². The van der Waals surface area contributed by atoms with Gasteiger partial charge >= 0.3 is 6.36 Å². The molecular formula is C14H12ClF3N2O2. The number of halogens is 4. The Morgan fingerprint density at radius 1 is 1.18 bits per heavy atom. The van der Waals surface area contributed by atoms with Gasteiger partial charge in [0.1, 0.15) is 10.9 Å². The van der Waals surface area contributed by atoms with Gasteiger partial charge in [-0.3, -0.25) is 4.98 Å². The summed E-state index contributed by atoms with van der Waals surface area (Å²) in [6.07, 6.45) is -2.41. The summed E-state index contributed by atoms with van der Waals surface area (Å²) in [6.45, 7) is 1.71. The number of rotatable bonds is 4. The molecular weight excluding hydrogens is 321 g/mol. The van der Waals surface area contributed by atoms with Crippen LogP contribution < -0.4 is 4.74 Å². The quantitative estimate of drug-likeness (QED) is 0.832. The van der Waals surface area contributed by atoms with Gasteiger partial charge in [0.2, 0.25) is 0 Å². The molecule has 0 radical (unpaired) electrons. The first kappa shape index (κ1) is 16.5. The number of aromatic nitrogens is 2. The molecule has 8 heteroatoms. The monoisotopic (exact) mass is 332 g/mol. The molecule has 0 saturated heterocycles. The third-order valence-electron chi connectivity index (χ3n) is 2.94. The number of methoxy groups -OCH3 is 1. The maximum absolute atomic E-state index is 12.3. The largest absolute Gasteiger partial charge is 0.573 e. The topological polar surface area (TPSA) is 44.2 Å². The van der Waals surface area contributed by atoms with E-state index in [1.54, 1.807) is 6.92 Å². The van der Waals surface area contributed by atoms with Gasteiger partial charge in [0.05, 0.1) is 24.2 Å². The second-order valence-corrected chi connectivity index (χ2v) is 4.79. The van der Waals surface area contributed by atoms with Crippen molar-refractivity contribution in [2.24, 2.45) is 0 Å². The second-order valence-electron chi connectivity index (χ2n) is 4.40. The molecule has 2 rings (SSSR count). The molecule has 118 valence electrons. The van der Waals surface area contributed by atoms with Crippen LogP contribution in [0.2, 0.25) is 5.15 Å². The van der Waals surface area contributed by atoms with E-state index in [0.717, 1.165) is 0 Å². The first-order chi connectivity index (χ1) is 10.3. The van der Waals surface area contributed by atoms with Crippen molar-refractivity contribution in [3.05, 3.63) is 41.3 Å². The van der Waals surface area contributed by atoms with Gasteiger partial charge in [0.15, 0.2) is 0 Å². The number of benzene rings is 1. The van der Waals surface area contributed by atoms with Crippen LogP contribution >= 0.6 is 11.6 Å². The Morgan fingerprint density at radius 2 is 1.91 bits per heavy atom. The Balaban J connectivity index is 2.47. The number of ether oxygens (including phenoxy) is 2. The van der Waals surface area contributed by atoms with Gasteiger partial charge in [0, 0.05) is 12.7 Å². The molecule has 0 fully saturated rings. The Hall–Kier alpha value is -1.86. The summed E-state index contributed by atoms with van der Waals surface area (Å²) in [5.41, 5.74) is 1.57.